The van der Waals surface area contributed by atoms with Gasteiger partial charge in [0, 0.05) is 36.8 Å². The van der Waals surface area contributed by atoms with E-state index in [0.717, 1.165) is 51.3 Å². The maximum absolute atomic E-state index is 6.37. The second-order valence-corrected chi connectivity index (χ2v) is 10.2. The first-order valence-corrected chi connectivity index (χ1v) is 13.5. The van der Waals surface area contributed by atoms with Gasteiger partial charge in [-0.25, -0.2) is 0 Å². The molecule has 6 heteroatoms. The van der Waals surface area contributed by atoms with Crippen LogP contribution in [0.5, 0.6) is 11.5 Å². The summed E-state index contributed by atoms with van der Waals surface area (Å²) >= 11 is 25.4. The molecule has 2 nitrogen and oxygen atoms in total. The minimum atomic E-state index is 0.242. The van der Waals surface area contributed by atoms with Gasteiger partial charge in [0.15, 0.2) is 0 Å². The van der Waals surface area contributed by atoms with Crippen LogP contribution in [0.3, 0.4) is 0 Å². The quantitative estimate of drug-likeness (QED) is 0.163. The van der Waals surface area contributed by atoms with Gasteiger partial charge in [0.1, 0.15) is 24.7 Å². The maximum atomic E-state index is 6.37. The third-order valence-electron chi connectivity index (χ3n) is 6.03. The number of benzene rings is 4. The van der Waals surface area contributed by atoms with Crippen LogP contribution in [0, 0.1) is 0 Å². The first-order valence-electron chi connectivity index (χ1n) is 12.0. The van der Waals surface area contributed by atoms with E-state index < -0.39 is 0 Å². The maximum Gasteiger partial charge on any atom is 0.127 e. The number of allylic oxidation sites excluding steroid dienone is 2. The molecule has 0 unspecified atom stereocenters. The Morgan fingerprint density at radius 1 is 0.605 bits per heavy atom. The molecule has 0 atom stereocenters. The van der Waals surface area contributed by atoms with E-state index in [9.17, 15) is 0 Å². The number of hydrogen-bond donors (Lipinski definition) is 0. The van der Waals surface area contributed by atoms with E-state index >= 15 is 0 Å². The topological polar surface area (TPSA) is 18.5 Å². The molecule has 38 heavy (non-hydrogen) atoms. The summed E-state index contributed by atoms with van der Waals surface area (Å²) in [5.74, 6) is 1.45. The van der Waals surface area contributed by atoms with Gasteiger partial charge in [0.05, 0.1) is 0 Å². The summed E-state index contributed by atoms with van der Waals surface area (Å²) in [5.41, 5.74) is 5.52. The van der Waals surface area contributed by atoms with Crippen LogP contribution >= 0.6 is 46.4 Å². The van der Waals surface area contributed by atoms with Gasteiger partial charge < -0.3 is 9.47 Å². The molecule has 0 spiro atoms. The largest absolute Gasteiger partial charge is 0.489 e. The van der Waals surface area contributed by atoms with Gasteiger partial charge in [-0.3, -0.25) is 0 Å². The Bertz CT molecular complexity index is 1420. The molecule has 4 aromatic carbocycles. The molecule has 0 saturated carbocycles. The molecular formula is C32H26Cl4O2. The summed E-state index contributed by atoms with van der Waals surface area (Å²) in [6.45, 7) is 8.30. The molecule has 0 aliphatic rings. The van der Waals surface area contributed by atoms with Crippen LogP contribution in [0.1, 0.15) is 22.3 Å². The van der Waals surface area contributed by atoms with Crippen LogP contribution in [0.15, 0.2) is 98.1 Å². The summed E-state index contributed by atoms with van der Waals surface area (Å²) in [4.78, 5) is 0. The Morgan fingerprint density at radius 3 is 1.68 bits per heavy atom. The minimum Gasteiger partial charge on any atom is -0.489 e. The monoisotopic (exact) mass is 582 g/mol. The molecule has 194 valence electrons. The fraction of sp³-hybridized carbons (Fsp3) is 0.125. The first kappa shape index (κ1) is 28.1. The van der Waals surface area contributed by atoms with Crippen LogP contribution in [0.4, 0.5) is 0 Å². The zero-order valence-electron chi connectivity index (χ0n) is 20.7. The predicted octanol–water partition coefficient (Wildman–Crippen LogP) is 10.6. The summed E-state index contributed by atoms with van der Waals surface area (Å²) in [6.07, 6.45) is 5.09. The van der Waals surface area contributed by atoms with E-state index in [0.29, 0.717) is 26.5 Å². The molecule has 0 N–H and O–H groups in total. The highest BCUT2D eigenvalue weighted by Gasteiger charge is 2.14. The molecular weight excluding hydrogens is 558 g/mol. The van der Waals surface area contributed by atoms with Crippen LogP contribution in [0.25, 0.3) is 11.1 Å². The third kappa shape index (κ3) is 6.76. The molecule has 4 aromatic rings. The molecule has 0 heterocycles. The average Bonchev–Trinajstić information content (AvgIpc) is 2.90. The predicted molar refractivity (Wildman–Crippen MR) is 161 cm³/mol. The van der Waals surface area contributed by atoms with E-state index in [2.05, 4.69) is 25.3 Å². The zero-order chi connectivity index (χ0) is 27.1. The highest BCUT2D eigenvalue weighted by Crippen LogP contribution is 2.36. The van der Waals surface area contributed by atoms with Crippen molar-refractivity contribution in [2.75, 3.05) is 0 Å². The van der Waals surface area contributed by atoms with Crippen molar-refractivity contribution in [3.63, 3.8) is 0 Å². The fourth-order valence-corrected chi connectivity index (χ4v) is 5.08. The summed E-state index contributed by atoms with van der Waals surface area (Å²) in [7, 11) is 0. The van der Waals surface area contributed by atoms with Gasteiger partial charge in [-0.15, -0.1) is 13.2 Å². The third-order valence-corrected chi connectivity index (χ3v) is 7.44. The Labute approximate surface area is 244 Å². The average molecular weight is 584 g/mol. The van der Waals surface area contributed by atoms with Gasteiger partial charge in [-0.1, -0.05) is 82.8 Å². The van der Waals surface area contributed by atoms with Crippen LogP contribution in [-0.4, -0.2) is 0 Å². The minimum absolute atomic E-state index is 0.242. The molecule has 0 aliphatic heterocycles. The van der Waals surface area contributed by atoms with Crippen molar-refractivity contribution in [2.24, 2.45) is 0 Å². The molecule has 4 rings (SSSR count). The van der Waals surface area contributed by atoms with Crippen molar-refractivity contribution in [2.45, 2.75) is 26.1 Å². The Balaban J connectivity index is 1.67. The summed E-state index contributed by atoms with van der Waals surface area (Å²) < 4.78 is 12.4. The van der Waals surface area contributed by atoms with Crippen molar-refractivity contribution in [1.82, 2.24) is 0 Å². The van der Waals surface area contributed by atoms with Gasteiger partial charge in [-0.05, 0) is 78.1 Å². The standard InChI is InChI=1S/C32H26Cl4O2/c1-3-7-21-13-15-32(38-20-26-29(35)11-6-12-30(26)36)24(17-21)22-14-16-31(23(18-22)8-4-2)37-19-25-27(33)9-5-10-28(25)34/h3-6,9-18H,1-2,7-8,19-20H2. The zero-order valence-corrected chi connectivity index (χ0v) is 23.7. The van der Waals surface area contributed by atoms with Crippen molar-refractivity contribution >= 4 is 46.4 Å². The highest BCUT2D eigenvalue weighted by atomic mass is 35.5. The van der Waals surface area contributed by atoms with E-state index in [1.54, 1.807) is 24.3 Å². The van der Waals surface area contributed by atoms with Gasteiger partial charge in [-0.2, -0.15) is 0 Å². The smallest absolute Gasteiger partial charge is 0.127 e. The normalized spacial score (nSPS) is 10.7. The second-order valence-electron chi connectivity index (χ2n) is 8.62. The van der Waals surface area contributed by atoms with Crippen molar-refractivity contribution in [3.8, 4) is 22.6 Å². The molecule has 0 amide bonds. The second kappa shape index (κ2) is 13.3. The molecule has 0 bridgehead atoms. The van der Waals surface area contributed by atoms with E-state index in [4.69, 9.17) is 55.9 Å². The van der Waals surface area contributed by atoms with Crippen molar-refractivity contribution < 1.29 is 9.47 Å². The van der Waals surface area contributed by atoms with Crippen molar-refractivity contribution in [1.29, 1.82) is 0 Å². The lowest BCUT2D eigenvalue weighted by molar-refractivity contribution is 0.303. The molecule has 0 saturated heterocycles. The van der Waals surface area contributed by atoms with Crippen LogP contribution in [-0.2, 0) is 26.1 Å². The lowest BCUT2D eigenvalue weighted by Gasteiger charge is -2.17. The van der Waals surface area contributed by atoms with E-state index in [-0.39, 0.29) is 13.2 Å². The number of rotatable bonds is 11. The van der Waals surface area contributed by atoms with Crippen LogP contribution < -0.4 is 9.47 Å². The van der Waals surface area contributed by atoms with Gasteiger partial charge in [0.25, 0.3) is 0 Å². The number of ether oxygens (including phenoxy) is 2. The Hall–Kier alpha value is -2.88. The van der Waals surface area contributed by atoms with E-state index in [1.807, 2.05) is 48.6 Å². The van der Waals surface area contributed by atoms with Crippen molar-refractivity contribution in [3.05, 3.63) is 140 Å². The van der Waals surface area contributed by atoms with Gasteiger partial charge >= 0.3 is 0 Å². The first-order chi connectivity index (χ1) is 18.4. The lowest BCUT2D eigenvalue weighted by atomic mass is 9.97. The SMILES string of the molecule is C=CCc1ccc(OCc2c(Cl)cccc2Cl)c(-c2ccc(OCc3c(Cl)cccc3Cl)c(CC=C)c2)c1. The number of hydrogen-bond acceptors (Lipinski definition) is 2. The molecule has 0 fully saturated rings. The lowest BCUT2D eigenvalue weighted by Crippen LogP contribution is -2.01. The molecule has 0 radical (unpaired) electrons. The molecule has 0 aromatic heterocycles. The highest BCUT2D eigenvalue weighted by molar-refractivity contribution is 6.36. The summed E-state index contributed by atoms with van der Waals surface area (Å²) in [6, 6.07) is 23.0. The van der Waals surface area contributed by atoms with E-state index in [1.165, 1.54) is 0 Å². The fourth-order valence-electron chi connectivity index (χ4n) is 4.07. The Morgan fingerprint density at radius 2 is 1.13 bits per heavy atom. The van der Waals surface area contributed by atoms with Crippen LogP contribution in [0.2, 0.25) is 20.1 Å². The summed E-state index contributed by atoms with van der Waals surface area (Å²) in [5, 5.41) is 2.27. The van der Waals surface area contributed by atoms with Gasteiger partial charge in [0.2, 0.25) is 0 Å². The number of halogens is 4. The Kier molecular flexibility index (Phi) is 9.82. The molecule has 0 aliphatic carbocycles.